The Balaban J connectivity index is 1.79. The number of nitrogens with zero attached hydrogens (tertiary/aromatic N) is 3. The predicted molar refractivity (Wildman–Crippen MR) is 115 cm³/mol. The highest BCUT2D eigenvalue weighted by Crippen LogP contribution is 2.32. The third kappa shape index (κ3) is 3.39. The van der Waals surface area contributed by atoms with Crippen LogP contribution in [0.2, 0.25) is 10.0 Å². The van der Waals surface area contributed by atoms with Crippen LogP contribution in [0, 0.1) is 11.6 Å². The van der Waals surface area contributed by atoms with E-state index in [1.54, 1.807) is 18.2 Å². The standard InChI is InChI=1S/C21H11Cl2F2N5O/c22-11-5-10(6-12(24)7-11)18-9-17(20-19-14(3-4-26-20)21(31)28-27-19)29-30(18)13-1-2-16(25)15(23)8-13/h1-9H,(H2,27,28,31). The maximum absolute atomic E-state index is 14.1. The van der Waals surface area contributed by atoms with Crippen LogP contribution in [0.5, 0.6) is 0 Å². The first-order valence-electron chi connectivity index (χ1n) is 8.98. The SMILES string of the molecule is O=c1[nH][nH]c2c(-c3cc(-c4cc(F)cc(Cl)c4)n(-c4ccc(F)c(Cl)c4)n3)nccc12. The monoisotopic (exact) mass is 457 g/mol. The first-order chi connectivity index (χ1) is 14.9. The highest BCUT2D eigenvalue weighted by molar-refractivity contribution is 6.31. The molecule has 0 atom stereocenters. The number of aromatic nitrogens is 5. The van der Waals surface area contributed by atoms with Crippen LogP contribution < -0.4 is 5.56 Å². The Kier molecular flexibility index (Phi) is 4.60. The van der Waals surface area contributed by atoms with Gasteiger partial charge in [-0.05, 0) is 48.5 Å². The van der Waals surface area contributed by atoms with Crippen molar-refractivity contribution in [1.82, 2.24) is 25.0 Å². The minimum Gasteiger partial charge on any atom is -0.295 e. The molecule has 5 aromatic rings. The molecule has 5 rings (SSSR count). The van der Waals surface area contributed by atoms with E-state index in [1.165, 1.54) is 41.2 Å². The molecule has 10 heteroatoms. The maximum atomic E-state index is 14.1. The van der Waals surface area contributed by atoms with E-state index in [4.69, 9.17) is 23.2 Å². The quantitative estimate of drug-likeness (QED) is 0.382. The first-order valence-corrected chi connectivity index (χ1v) is 9.74. The van der Waals surface area contributed by atoms with Crippen LogP contribution in [0.15, 0.2) is 59.5 Å². The molecule has 3 aromatic heterocycles. The van der Waals surface area contributed by atoms with Gasteiger partial charge >= 0.3 is 0 Å². The van der Waals surface area contributed by atoms with Crippen LogP contribution in [0.4, 0.5) is 8.78 Å². The van der Waals surface area contributed by atoms with Gasteiger partial charge in [0, 0.05) is 16.8 Å². The van der Waals surface area contributed by atoms with Gasteiger partial charge in [-0.25, -0.2) is 13.5 Å². The summed E-state index contributed by atoms with van der Waals surface area (Å²) in [4.78, 5) is 16.3. The van der Waals surface area contributed by atoms with E-state index < -0.39 is 11.6 Å². The molecular formula is C21H11Cl2F2N5O. The average molecular weight is 458 g/mol. The number of aromatic amines is 2. The molecule has 0 aliphatic rings. The third-order valence-electron chi connectivity index (χ3n) is 4.75. The molecule has 0 spiro atoms. The van der Waals surface area contributed by atoms with Crippen molar-refractivity contribution in [2.75, 3.05) is 0 Å². The molecular weight excluding hydrogens is 447 g/mol. The van der Waals surface area contributed by atoms with E-state index in [0.29, 0.717) is 39.2 Å². The lowest BCUT2D eigenvalue weighted by atomic mass is 10.1. The Morgan fingerprint density at radius 1 is 0.968 bits per heavy atom. The maximum Gasteiger partial charge on any atom is 0.271 e. The van der Waals surface area contributed by atoms with Crippen molar-refractivity contribution in [2.24, 2.45) is 0 Å². The van der Waals surface area contributed by atoms with Gasteiger partial charge in [0.1, 0.15) is 23.0 Å². The van der Waals surface area contributed by atoms with Gasteiger partial charge in [0.2, 0.25) is 0 Å². The van der Waals surface area contributed by atoms with Crippen molar-refractivity contribution >= 4 is 34.1 Å². The number of halogens is 4. The topological polar surface area (TPSA) is 79.4 Å². The number of fused-ring (bicyclic) bond motifs is 1. The summed E-state index contributed by atoms with van der Waals surface area (Å²) in [5.41, 5.74) is 2.35. The lowest BCUT2D eigenvalue weighted by Gasteiger charge is -2.09. The average Bonchev–Trinajstić information content (AvgIpc) is 3.34. The Labute approximate surface area is 183 Å². The summed E-state index contributed by atoms with van der Waals surface area (Å²) in [6.07, 6.45) is 1.49. The largest absolute Gasteiger partial charge is 0.295 e. The molecule has 0 fully saturated rings. The molecule has 0 saturated carbocycles. The zero-order valence-corrected chi connectivity index (χ0v) is 17.0. The van der Waals surface area contributed by atoms with Gasteiger partial charge in [0.15, 0.2) is 0 Å². The van der Waals surface area contributed by atoms with E-state index in [-0.39, 0.29) is 15.6 Å². The lowest BCUT2D eigenvalue weighted by Crippen LogP contribution is -2.00. The Bertz CT molecular complexity index is 1500. The fourth-order valence-electron chi connectivity index (χ4n) is 3.38. The van der Waals surface area contributed by atoms with Gasteiger partial charge < -0.3 is 0 Å². The zero-order valence-electron chi connectivity index (χ0n) is 15.5. The highest BCUT2D eigenvalue weighted by atomic mass is 35.5. The Morgan fingerprint density at radius 2 is 1.81 bits per heavy atom. The van der Waals surface area contributed by atoms with Gasteiger partial charge in [0.05, 0.1) is 27.3 Å². The molecule has 0 aliphatic heterocycles. The van der Waals surface area contributed by atoms with Crippen LogP contribution in [-0.4, -0.2) is 25.0 Å². The molecule has 6 nitrogen and oxygen atoms in total. The molecule has 2 aromatic carbocycles. The van der Waals surface area contributed by atoms with Crippen molar-refractivity contribution in [3.8, 4) is 28.3 Å². The van der Waals surface area contributed by atoms with Gasteiger partial charge in [-0.1, -0.05) is 23.2 Å². The number of benzene rings is 2. The second-order valence-corrected chi connectivity index (χ2v) is 7.59. The van der Waals surface area contributed by atoms with E-state index in [2.05, 4.69) is 20.3 Å². The van der Waals surface area contributed by atoms with Crippen LogP contribution in [0.3, 0.4) is 0 Å². The summed E-state index contributed by atoms with van der Waals surface area (Å²) < 4.78 is 29.3. The van der Waals surface area contributed by atoms with Crippen LogP contribution >= 0.6 is 23.2 Å². The minimum absolute atomic E-state index is 0.0898. The summed E-state index contributed by atoms with van der Waals surface area (Å²) in [5, 5.41) is 10.4. The Morgan fingerprint density at radius 3 is 2.58 bits per heavy atom. The zero-order chi connectivity index (χ0) is 21.7. The van der Waals surface area contributed by atoms with Crippen molar-refractivity contribution in [3.05, 3.63) is 86.8 Å². The normalized spacial score (nSPS) is 11.4. The molecule has 2 N–H and O–H groups in total. The van der Waals surface area contributed by atoms with Crippen molar-refractivity contribution in [3.63, 3.8) is 0 Å². The van der Waals surface area contributed by atoms with Crippen molar-refractivity contribution in [1.29, 1.82) is 0 Å². The van der Waals surface area contributed by atoms with Crippen LogP contribution in [0.25, 0.3) is 39.2 Å². The van der Waals surface area contributed by atoms with Crippen LogP contribution in [0.1, 0.15) is 0 Å². The number of pyridine rings is 1. The van der Waals surface area contributed by atoms with E-state index in [1.807, 2.05) is 0 Å². The minimum atomic E-state index is -0.579. The molecule has 0 bridgehead atoms. The molecule has 154 valence electrons. The van der Waals surface area contributed by atoms with Crippen LogP contribution in [-0.2, 0) is 0 Å². The molecule has 0 amide bonds. The number of H-pyrrole nitrogens is 2. The van der Waals surface area contributed by atoms with Gasteiger partial charge in [-0.2, -0.15) is 5.10 Å². The molecule has 31 heavy (non-hydrogen) atoms. The lowest BCUT2D eigenvalue weighted by molar-refractivity contribution is 0.627. The fraction of sp³-hybridized carbons (Fsp3) is 0. The predicted octanol–water partition coefficient (Wildman–Crippen LogP) is 5.36. The molecule has 0 radical (unpaired) electrons. The van der Waals surface area contributed by atoms with E-state index in [0.717, 1.165) is 0 Å². The second-order valence-electron chi connectivity index (χ2n) is 6.74. The smallest absolute Gasteiger partial charge is 0.271 e. The highest BCUT2D eigenvalue weighted by Gasteiger charge is 2.18. The fourth-order valence-corrected chi connectivity index (χ4v) is 3.77. The van der Waals surface area contributed by atoms with E-state index in [9.17, 15) is 13.6 Å². The Hall–Kier alpha value is -3.49. The van der Waals surface area contributed by atoms with E-state index >= 15 is 0 Å². The summed E-state index contributed by atoms with van der Waals surface area (Å²) >= 11 is 12.0. The second kappa shape index (κ2) is 7.33. The third-order valence-corrected chi connectivity index (χ3v) is 5.26. The molecule has 3 heterocycles. The first kappa shape index (κ1) is 19.5. The molecule has 0 saturated heterocycles. The number of hydrogen-bond acceptors (Lipinski definition) is 3. The number of nitrogens with one attached hydrogen (secondary N) is 2. The summed E-state index contributed by atoms with van der Waals surface area (Å²) in [7, 11) is 0. The summed E-state index contributed by atoms with van der Waals surface area (Å²) in [5.74, 6) is -1.10. The molecule has 0 aliphatic carbocycles. The van der Waals surface area contributed by atoms with Gasteiger partial charge in [-0.3, -0.25) is 20.0 Å². The van der Waals surface area contributed by atoms with Gasteiger partial charge in [-0.15, -0.1) is 0 Å². The van der Waals surface area contributed by atoms with Gasteiger partial charge in [0.25, 0.3) is 5.56 Å². The van der Waals surface area contributed by atoms with Crippen molar-refractivity contribution in [2.45, 2.75) is 0 Å². The summed E-state index contributed by atoms with van der Waals surface area (Å²) in [6, 6.07) is 11.4. The molecule has 0 unspecified atom stereocenters. The van der Waals surface area contributed by atoms with Crippen molar-refractivity contribution < 1.29 is 8.78 Å². The number of rotatable bonds is 3. The number of hydrogen-bond donors (Lipinski definition) is 2. The summed E-state index contributed by atoms with van der Waals surface area (Å²) in [6.45, 7) is 0.